The van der Waals surface area contributed by atoms with E-state index in [1.165, 1.54) is 11.1 Å². The number of nitrogens with one attached hydrogen (secondary N) is 1. The smallest absolute Gasteiger partial charge is 0.194 e. The Hall–Kier alpha value is -3.09. The van der Waals surface area contributed by atoms with Gasteiger partial charge in [-0.1, -0.05) is 6.07 Å². The van der Waals surface area contributed by atoms with E-state index in [4.69, 9.17) is 18.9 Å². The van der Waals surface area contributed by atoms with E-state index in [1.807, 2.05) is 32.2 Å². The highest BCUT2D eigenvalue weighted by atomic mass is 16.5. The van der Waals surface area contributed by atoms with Crippen molar-refractivity contribution < 1.29 is 18.9 Å². The Kier molecular flexibility index (Phi) is 7.27. The molecule has 2 aromatic carbocycles. The Morgan fingerprint density at radius 3 is 2.30 bits per heavy atom. The molecule has 0 aromatic heterocycles. The third-order valence-corrected chi connectivity index (χ3v) is 5.21. The Balaban J connectivity index is 1.70. The summed E-state index contributed by atoms with van der Waals surface area (Å²) in [6, 6.07) is 10.1. The molecular weight excluding hydrogens is 382 g/mol. The Bertz CT molecular complexity index is 898. The second-order valence-electron chi connectivity index (χ2n) is 6.97. The molecule has 1 aliphatic heterocycles. The lowest BCUT2D eigenvalue weighted by Gasteiger charge is -2.32. The fraction of sp³-hybridized carbons (Fsp3) is 0.435. The van der Waals surface area contributed by atoms with Crippen molar-refractivity contribution in [3.8, 4) is 23.0 Å². The number of fused-ring (bicyclic) bond motifs is 1. The number of benzene rings is 2. The van der Waals surface area contributed by atoms with Crippen LogP contribution in [0.15, 0.2) is 35.3 Å². The van der Waals surface area contributed by atoms with Crippen LogP contribution in [0.4, 0.5) is 0 Å². The predicted octanol–water partition coefficient (Wildman–Crippen LogP) is 3.24. The van der Waals surface area contributed by atoms with Crippen LogP contribution < -0.4 is 24.3 Å². The van der Waals surface area contributed by atoms with Gasteiger partial charge < -0.3 is 29.2 Å². The maximum absolute atomic E-state index is 5.68. The van der Waals surface area contributed by atoms with Gasteiger partial charge in [-0.3, -0.25) is 4.99 Å². The number of rotatable bonds is 7. The van der Waals surface area contributed by atoms with Gasteiger partial charge in [-0.15, -0.1) is 0 Å². The van der Waals surface area contributed by atoms with E-state index in [9.17, 15) is 0 Å². The van der Waals surface area contributed by atoms with E-state index in [2.05, 4.69) is 27.3 Å². The largest absolute Gasteiger partial charge is 0.493 e. The molecule has 1 N–H and O–H groups in total. The standard InChI is InChI=1S/C23H31N3O4/c1-6-30-22-11-16(7-8-19(22)27-3)14-25-23(24-2)26-10-9-17-12-20(28-4)21(29-5)13-18(17)15-26/h7-8,11-13H,6,9-10,14-15H2,1-5H3,(H,24,25). The van der Waals surface area contributed by atoms with Crippen LogP contribution in [-0.4, -0.2) is 52.4 Å². The maximum atomic E-state index is 5.68. The molecule has 0 spiro atoms. The van der Waals surface area contributed by atoms with Gasteiger partial charge in [-0.05, 0) is 54.3 Å². The fourth-order valence-electron chi connectivity index (χ4n) is 3.68. The zero-order chi connectivity index (χ0) is 21.5. The van der Waals surface area contributed by atoms with Gasteiger partial charge in [0, 0.05) is 26.7 Å². The molecule has 7 nitrogen and oxygen atoms in total. The monoisotopic (exact) mass is 413 g/mol. The number of hydrogen-bond acceptors (Lipinski definition) is 5. The molecule has 7 heteroatoms. The van der Waals surface area contributed by atoms with Gasteiger partial charge in [0.1, 0.15) is 0 Å². The quantitative estimate of drug-likeness (QED) is 0.555. The molecule has 1 heterocycles. The molecule has 0 radical (unpaired) electrons. The zero-order valence-corrected chi connectivity index (χ0v) is 18.4. The third-order valence-electron chi connectivity index (χ3n) is 5.21. The maximum Gasteiger partial charge on any atom is 0.194 e. The summed E-state index contributed by atoms with van der Waals surface area (Å²) in [6.45, 7) is 4.85. The molecule has 0 atom stereocenters. The van der Waals surface area contributed by atoms with Gasteiger partial charge in [-0.25, -0.2) is 0 Å². The molecule has 0 fully saturated rings. The van der Waals surface area contributed by atoms with Crippen molar-refractivity contribution >= 4 is 5.96 Å². The van der Waals surface area contributed by atoms with Crippen LogP contribution >= 0.6 is 0 Å². The van der Waals surface area contributed by atoms with Crippen LogP contribution in [0, 0.1) is 0 Å². The molecule has 0 aliphatic carbocycles. The lowest BCUT2D eigenvalue weighted by molar-refractivity contribution is 0.310. The van der Waals surface area contributed by atoms with Crippen LogP contribution in [0.3, 0.4) is 0 Å². The summed E-state index contributed by atoms with van der Waals surface area (Å²) >= 11 is 0. The van der Waals surface area contributed by atoms with Gasteiger partial charge >= 0.3 is 0 Å². The second kappa shape index (κ2) is 10.1. The minimum absolute atomic E-state index is 0.594. The molecule has 1 aliphatic rings. The van der Waals surface area contributed by atoms with Crippen LogP contribution in [0.25, 0.3) is 0 Å². The molecular formula is C23H31N3O4. The molecule has 2 aromatic rings. The van der Waals surface area contributed by atoms with Crippen LogP contribution in [0.2, 0.25) is 0 Å². The van der Waals surface area contributed by atoms with Crippen molar-refractivity contribution in [1.82, 2.24) is 10.2 Å². The zero-order valence-electron chi connectivity index (χ0n) is 18.4. The Morgan fingerprint density at radius 2 is 1.67 bits per heavy atom. The van der Waals surface area contributed by atoms with E-state index in [0.29, 0.717) is 13.2 Å². The third kappa shape index (κ3) is 4.72. The summed E-state index contributed by atoms with van der Waals surface area (Å²) in [5.74, 6) is 3.88. The van der Waals surface area contributed by atoms with Crippen molar-refractivity contribution in [2.24, 2.45) is 4.99 Å². The van der Waals surface area contributed by atoms with Crippen molar-refractivity contribution in [2.75, 3.05) is 41.5 Å². The first-order chi connectivity index (χ1) is 14.6. The van der Waals surface area contributed by atoms with E-state index in [0.717, 1.165) is 54.0 Å². The number of methoxy groups -OCH3 is 3. The molecule has 0 bridgehead atoms. The molecule has 162 valence electrons. The first-order valence-corrected chi connectivity index (χ1v) is 10.1. The highest BCUT2D eigenvalue weighted by Gasteiger charge is 2.21. The predicted molar refractivity (Wildman–Crippen MR) is 118 cm³/mol. The molecule has 3 rings (SSSR count). The number of hydrogen-bond donors (Lipinski definition) is 1. The first kappa shape index (κ1) is 21.6. The van der Waals surface area contributed by atoms with Crippen molar-refractivity contribution in [1.29, 1.82) is 0 Å². The molecule has 0 amide bonds. The lowest BCUT2D eigenvalue weighted by Crippen LogP contribution is -2.43. The molecule has 0 unspecified atom stereocenters. The topological polar surface area (TPSA) is 64.6 Å². The minimum Gasteiger partial charge on any atom is -0.493 e. The summed E-state index contributed by atoms with van der Waals surface area (Å²) < 4.78 is 22.0. The fourth-order valence-corrected chi connectivity index (χ4v) is 3.68. The first-order valence-electron chi connectivity index (χ1n) is 10.1. The lowest BCUT2D eigenvalue weighted by atomic mass is 9.99. The van der Waals surface area contributed by atoms with Crippen molar-refractivity contribution in [2.45, 2.75) is 26.4 Å². The molecule has 0 saturated carbocycles. The van der Waals surface area contributed by atoms with Crippen LogP contribution in [-0.2, 0) is 19.5 Å². The van der Waals surface area contributed by atoms with E-state index >= 15 is 0 Å². The van der Waals surface area contributed by atoms with Crippen LogP contribution in [0.5, 0.6) is 23.0 Å². The molecule has 30 heavy (non-hydrogen) atoms. The normalized spacial score (nSPS) is 13.5. The van der Waals surface area contributed by atoms with E-state index < -0.39 is 0 Å². The van der Waals surface area contributed by atoms with Gasteiger partial charge in [0.15, 0.2) is 29.0 Å². The van der Waals surface area contributed by atoms with E-state index in [-0.39, 0.29) is 0 Å². The number of nitrogens with zero attached hydrogens (tertiary/aromatic N) is 2. The summed E-state index contributed by atoms with van der Waals surface area (Å²) in [5, 5.41) is 3.47. The van der Waals surface area contributed by atoms with Gasteiger partial charge in [-0.2, -0.15) is 0 Å². The molecule has 0 saturated heterocycles. The summed E-state index contributed by atoms with van der Waals surface area (Å²) in [4.78, 5) is 6.74. The highest BCUT2D eigenvalue weighted by molar-refractivity contribution is 5.80. The second-order valence-corrected chi connectivity index (χ2v) is 6.97. The van der Waals surface area contributed by atoms with Gasteiger partial charge in [0.05, 0.1) is 27.9 Å². The summed E-state index contributed by atoms with van der Waals surface area (Å²) in [6.07, 6.45) is 0.924. The van der Waals surface area contributed by atoms with Gasteiger partial charge in [0.2, 0.25) is 0 Å². The SMILES string of the molecule is CCOc1cc(CNC(=NC)N2CCc3cc(OC)c(OC)cc3C2)ccc1OC. The summed E-state index contributed by atoms with van der Waals surface area (Å²) in [7, 11) is 6.79. The van der Waals surface area contributed by atoms with Gasteiger partial charge in [0.25, 0.3) is 0 Å². The van der Waals surface area contributed by atoms with Crippen molar-refractivity contribution in [3.05, 3.63) is 47.0 Å². The average Bonchev–Trinajstić information content (AvgIpc) is 2.78. The number of guanidine groups is 1. The van der Waals surface area contributed by atoms with Crippen molar-refractivity contribution in [3.63, 3.8) is 0 Å². The average molecular weight is 414 g/mol. The highest BCUT2D eigenvalue weighted by Crippen LogP contribution is 2.33. The Morgan fingerprint density at radius 1 is 0.967 bits per heavy atom. The summed E-state index contributed by atoms with van der Waals surface area (Å²) in [5.41, 5.74) is 3.62. The number of aliphatic imine (C=N–C) groups is 1. The van der Waals surface area contributed by atoms with Crippen LogP contribution in [0.1, 0.15) is 23.6 Å². The Labute approximate surface area is 178 Å². The van der Waals surface area contributed by atoms with E-state index in [1.54, 1.807) is 21.3 Å². The number of ether oxygens (including phenoxy) is 4. The minimum atomic E-state index is 0.594.